The van der Waals surface area contributed by atoms with E-state index in [1.165, 1.54) is 55.8 Å². The Labute approximate surface area is 256 Å². The number of imidazole rings is 1. The Kier molecular flexibility index (Phi) is 12.2. The topological polar surface area (TPSA) is 164 Å². The first-order valence-corrected chi connectivity index (χ1v) is 15.7. The zero-order valence-corrected chi connectivity index (χ0v) is 25.6. The van der Waals surface area contributed by atoms with E-state index in [9.17, 15) is 23.9 Å². The molecule has 4 rings (SSSR count). The number of rotatable bonds is 17. The van der Waals surface area contributed by atoms with Crippen LogP contribution in [0.2, 0.25) is 0 Å². The molecule has 2 aromatic rings. The summed E-state index contributed by atoms with van der Waals surface area (Å²) >= 11 is 0. The summed E-state index contributed by atoms with van der Waals surface area (Å²) in [5.41, 5.74) is -0.927. The van der Waals surface area contributed by atoms with Gasteiger partial charge in [0.25, 0.3) is 5.91 Å². The molecule has 2 aromatic heterocycles. The molecular formula is C30H44FN5O8. The Morgan fingerprint density at radius 1 is 1.11 bits per heavy atom. The van der Waals surface area contributed by atoms with Gasteiger partial charge in [0.2, 0.25) is 0 Å². The second-order valence-electron chi connectivity index (χ2n) is 11.8. The van der Waals surface area contributed by atoms with Gasteiger partial charge in [0.05, 0.1) is 31.7 Å². The number of cyclic esters (lactones) is 1. The van der Waals surface area contributed by atoms with E-state index in [2.05, 4.69) is 27.2 Å². The number of hydrogen-bond donors (Lipinski definition) is 2. The number of halogens is 1. The molecule has 2 saturated heterocycles. The Hall–Kier alpha value is -3.39. The van der Waals surface area contributed by atoms with Gasteiger partial charge in [0, 0.05) is 19.3 Å². The van der Waals surface area contributed by atoms with Crippen molar-refractivity contribution >= 4 is 35.0 Å². The quantitative estimate of drug-likeness (QED) is 0.144. The van der Waals surface area contributed by atoms with Crippen molar-refractivity contribution < 1.29 is 42.8 Å². The molecule has 44 heavy (non-hydrogen) atoms. The van der Waals surface area contributed by atoms with Gasteiger partial charge in [0.1, 0.15) is 12.2 Å². The summed E-state index contributed by atoms with van der Waals surface area (Å²) in [6.45, 7) is 4.08. The molecule has 0 saturated carbocycles. The van der Waals surface area contributed by atoms with Crippen LogP contribution in [0.5, 0.6) is 0 Å². The number of carbonyl (C=O) groups excluding carboxylic acids is 3. The van der Waals surface area contributed by atoms with Crippen LogP contribution in [-0.4, -0.2) is 79.8 Å². The molecule has 4 heterocycles. The minimum absolute atomic E-state index is 0.106. The molecule has 0 spiro atoms. The van der Waals surface area contributed by atoms with E-state index in [-0.39, 0.29) is 56.0 Å². The van der Waals surface area contributed by atoms with E-state index in [4.69, 9.17) is 18.9 Å². The number of aliphatic hydroxyl groups excluding tert-OH is 1. The number of hydrogen-bond acceptors (Lipinski definition) is 11. The van der Waals surface area contributed by atoms with Crippen LogP contribution in [0.25, 0.3) is 11.2 Å². The summed E-state index contributed by atoms with van der Waals surface area (Å²) in [7, 11) is 0. The maximum Gasteiger partial charge on any atom is 0.508 e. The zero-order chi connectivity index (χ0) is 31.5. The number of unbranched alkanes of at least 4 members (excludes halogenated alkanes) is 9. The minimum Gasteiger partial charge on any atom is -0.452 e. The third kappa shape index (κ3) is 9.31. The van der Waals surface area contributed by atoms with Gasteiger partial charge in [-0.15, -0.1) is 0 Å². The third-order valence-corrected chi connectivity index (χ3v) is 8.08. The molecule has 2 N–H and O–H groups in total. The molecule has 2 aliphatic rings. The molecule has 1 amide bonds. The largest absolute Gasteiger partial charge is 0.508 e. The Morgan fingerprint density at radius 3 is 2.50 bits per heavy atom. The number of carbonyl (C=O) groups is 3. The molecule has 0 aromatic carbocycles. The van der Waals surface area contributed by atoms with E-state index in [0.29, 0.717) is 0 Å². The summed E-state index contributed by atoms with van der Waals surface area (Å²) in [5, 5.41) is 13.2. The molecule has 13 nitrogen and oxygen atoms in total. The molecule has 244 valence electrons. The number of nitrogens with one attached hydrogen (secondary N) is 1. The van der Waals surface area contributed by atoms with Crippen molar-refractivity contribution in [3.8, 4) is 0 Å². The minimum atomic E-state index is -1.17. The van der Waals surface area contributed by atoms with Crippen LogP contribution in [0.1, 0.15) is 97.3 Å². The lowest BCUT2D eigenvalue weighted by atomic mass is 10.00. The number of anilines is 1. The van der Waals surface area contributed by atoms with E-state index in [0.717, 1.165) is 19.3 Å². The highest BCUT2D eigenvalue weighted by molar-refractivity contribution is 6.00. The smallest absolute Gasteiger partial charge is 0.452 e. The number of aliphatic hydroxyl groups is 1. The van der Waals surface area contributed by atoms with Gasteiger partial charge in [-0.3, -0.25) is 9.59 Å². The highest BCUT2D eigenvalue weighted by Gasteiger charge is 2.46. The highest BCUT2D eigenvalue weighted by atomic mass is 19.1. The number of nitrogens with zero attached hydrogens (tertiary/aromatic N) is 4. The number of ether oxygens (including phenoxy) is 4. The van der Waals surface area contributed by atoms with Crippen LogP contribution in [0, 0.1) is 6.08 Å². The van der Waals surface area contributed by atoms with E-state index in [1.54, 1.807) is 6.92 Å². The fraction of sp³-hybridized carbons (Fsp3) is 0.733. The third-order valence-electron chi connectivity index (χ3n) is 8.08. The fourth-order valence-electron chi connectivity index (χ4n) is 5.50. The maximum absolute atomic E-state index is 14.3. The lowest BCUT2D eigenvalue weighted by Gasteiger charge is -2.27. The molecule has 14 heteroatoms. The number of amides is 1. The Morgan fingerprint density at radius 2 is 1.82 bits per heavy atom. The van der Waals surface area contributed by atoms with Crippen molar-refractivity contribution in [2.75, 3.05) is 18.5 Å². The average Bonchev–Trinajstić information content (AvgIpc) is 3.68. The van der Waals surface area contributed by atoms with Crippen LogP contribution in [0.3, 0.4) is 0 Å². The van der Waals surface area contributed by atoms with Crippen LogP contribution >= 0.6 is 0 Å². The van der Waals surface area contributed by atoms with Crippen molar-refractivity contribution in [2.24, 2.45) is 0 Å². The second-order valence-corrected chi connectivity index (χ2v) is 11.8. The summed E-state index contributed by atoms with van der Waals surface area (Å²) < 4.78 is 37.3. The lowest BCUT2D eigenvalue weighted by molar-refractivity contribution is -0.146. The monoisotopic (exact) mass is 621 g/mol. The number of fused-ring (bicyclic) bond motifs is 1. The van der Waals surface area contributed by atoms with Crippen LogP contribution in [-0.2, 0) is 35.1 Å². The summed E-state index contributed by atoms with van der Waals surface area (Å²) in [6.07, 6.45) is 9.40. The molecule has 0 aliphatic carbocycles. The summed E-state index contributed by atoms with van der Waals surface area (Å²) in [5.74, 6) is -1.27. The summed E-state index contributed by atoms with van der Waals surface area (Å²) in [4.78, 5) is 47.7. The predicted octanol–water partition coefficient (Wildman–Crippen LogP) is 4.59. The highest BCUT2D eigenvalue weighted by Crippen LogP contribution is 2.33. The van der Waals surface area contributed by atoms with Crippen molar-refractivity contribution in [1.29, 1.82) is 0 Å². The molecule has 0 radical (unpaired) electrons. The molecule has 4 atom stereocenters. The normalized spacial score (nSPS) is 23.2. The van der Waals surface area contributed by atoms with Gasteiger partial charge in [0.15, 0.2) is 23.1 Å². The lowest BCUT2D eigenvalue weighted by Crippen LogP contribution is -2.41. The molecular weight excluding hydrogens is 577 g/mol. The van der Waals surface area contributed by atoms with Crippen LogP contribution < -0.4 is 5.32 Å². The maximum atomic E-state index is 14.3. The van der Waals surface area contributed by atoms with Gasteiger partial charge < -0.3 is 33.9 Å². The van der Waals surface area contributed by atoms with E-state index >= 15 is 0 Å². The van der Waals surface area contributed by atoms with Gasteiger partial charge in [-0.2, -0.15) is 14.4 Å². The molecule has 2 fully saturated rings. The van der Waals surface area contributed by atoms with E-state index < -0.39 is 48.0 Å². The zero-order valence-electron chi connectivity index (χ0n) is 25.6. The Balaban J connectivity index is 1.20. The Bertz CT molecular complexity index is 1280. The molecule has 0 unspecified atom stereocenters. The second kappa shape index (κ2) is 16.1. The van der Waals surface area contributed by atoms with Crippen molar-refractivity contribution in [1.82, 2.24) is 19.5 Å². The molecule has 2 aliphatic heterocycles. The van der Waals surface area contributed by atoms with Gasteiger partial charge >= 0.3 is 18.2 Å². The van der Waals surface area contributed by atoms with Crippen LogP contribution in [0.15, 0.2) is 6.33 Å². The van der Waals surface area contributed by atoms with Gasteiger partial charge in [-0.05, 0) is 13.3 Å². The number of esters is 1. The van der Waals surface area contributed by atoms with Crippen molar-refractivity contribution in [2.45, 2.75) is 128 Å². The predicted molar refractivity (Wildman–Crippen MR) is 156 cm³/mol. The fourth-order valence-corrected chi connectivity index (χ4v) is 5.50. The van der Waals surface area contributed by atoms with Gasteiger partial charge in [-0.25, -0.2) is 9.78 Å². The average molecular weight is 622 g/mol. The standard InChI is InChI=1S/C30H44FN5O8/c1-3-4-5-6-7-8-9-10-11-12-15-41-29(40)42-18-30(2)22(37)16-20(44-30)17-36-19-32-24-25(34-28(31)35-26(24)36)33-27(39)21-13-14-23(38)43-21/h19-22,37H,3-18H2,1-2H3,(H,33,34,35,39)/t20-,21-,22+,30-/m1/s1. The first-order valence-electron chi connectivity index (χ1n) is 15.7. The number of aromatic nitrogens is 4. The van der Waals surface area contributed by atoms with Crippen LogP contribution in [0.4, 0.5) is 15.0 Å². The SMILES string of the molecule is CCCCCCCCCCCCOC(=O)OC[C@@]1(C)O[C@@H](Cn2cnc3c(NC(=O)[C@H]4CCC(=O)O4)nc(F)nc32)C[C@@H]1O. The first-order chi connectivity index (χ1) is 21.2. The van der Waals surface area contributed by atoms with Crippen molar-refractivity contribution in [3.05, 3.63) is 12.4 Å². The van der Waals surface area contributed by atoms with E-state index in [1.807, 2.05) is 0 Å². The van der Waals surface area contributed by atoms with Crippen molar-refractivity contribution in [3.63, 3.8) is 0 Å². The van der Waals surface area contributed by atoms with Gasteiger partial charge in [-0.1, -0.05) is 64.7 Å². The first kappa shape index (κ1) is 33.5. The summed E-state index contributed by atoms with van der Waals surface area (Å²) in [6, 6.07) is 0. The molecule has 0 bridgehead atoms.